The molecule has 1 fully saturated rings. The Bertz CT molecular complexity index is 643. The molecule has 1 N–H and O–H groups in total. The molecule has 1 aliphatic rings. The molecule has 0 unspecified atom stereocenters. The van der Waals surface area contributed by atoms with E-state index in [0.29, 0.717) is 6.54 Å². The number of piperazine rings is 1. The van der Waals surface area contributed by atoms with E-state index in [4.69, 9.17) is 5.11 Å². The Hall–Kier alpha value is -1.64. The molecule has 0 bridgehead atoms. The molecule has 0 amide bonds. The average molecular weight is 369 g/mol. The molecule has 7 nitrogen and oxygen atoms in total. The van der Waals surface area contributed by atoms with Gasteiger partial charge in [-0.05, 0) is 19.2 Å². The van der Waals surface area contributed by atoms with Gasteiger partial charge in [0.25, 0.3) is 0 Å². The Morgan fingerprint density at radius 3 is 2.36 bits per heavy atom. The molecule has 1 saturated heterocycles. The third-order valence-corrected chi connectivity index (χ3v) is 5.91. The lowest BCUT2D eigenvalue weighted by atomic mass is 10.2. The van der Waals surface area contributed by atoms with Crippen LogP contribution in [0.25, 0.3) is 0 Å². The van der Waals surface area contributed by atoms with Crippen LogP contribution < -0.4 is 4.90 Å². The zero-order valence-corrected chi connectivity index (χ0v) is 15.5. The highest BCUT2D eigenvalue weighted by molar-refractivity contribution is 7.92. The van der Waals surface area contributed by atoms with Crippen LogP contribution in [0, 0.1) is 0 Å². The van der Waals surface area contributed by atoms with Crippen molar-refractivity contribution in [3.8, 4) is 0 Å². The number of carboxylic acids is 1. The topological polar surface area (TPSA) is 81.2 Å². The summed E-state index contributed by atoms with van der Waals surface area (Å²) in [5.74, 6) is -2.20. The number of nitrogens with zero attached hydrogens (tertiary/aromatic N) is 3. The number of likely N-dealkylation sites (N-methyl/N-ethyl adjacent to an activating group) is 1. The van der Waals surface area contributed by atoms with Crippen LogP contribution in [0.3, 0.4) is 0 Å². The van der Waals surface area contributed by atoms with Crippen molar-refractivity contribution in [2.45, 2.75) is 0 Å². The van der Waals surface area contributed by atoms with Crippen molar-refractivity contribution in [3.05, 3.63) is 30.3 Å². The van der Waals surface area contributed by atoms with Crippen molar-refractivity contribution in [1.82, 2.24) is 9.80 Å². The zero-order chi connectivity index (χ0) is 18.3. The third-order valence-electron chi connectivity index (χ3n) is 4.42. The van der Waals surface area contributed by atoms with Gasteiger partial charge in [0.2, 0.25) is 0 Å². The van der Waals surface area contributed by atoms with Crippen LogP contribution in [0.2, 0.25) is 0 Å². The highest BCUT2D eigenvalue weighted by atomic mass is 32.2. The van der Waals surface area contributed by atoms with Gasteiger partial charge in [0.15, 0.2) is 9.84 Å². The highest BCUT2D eigenvalue weighted by Gasteiger charge is 2.19. The fourth-order valence-electron chi connectivity index (χ4n) is 2.85. The van der Waals surface area contributed by atoms with Crippen molar-refractivity contribution in [2.24, 2.45) is 0 Å². The summed E-state index contributed by atoms with van der Waals surface area (Å²) in [6.07, 6.45) is 0. The molecule has 1 aliphatic heterocycles. The van der Waals surface area contributed by atoms with Gasteiger partial charge < -0.3 is 14.9 Å². The maximum Gasteiger partial charge on any atom is 0.318 e. The molecule has 0 aromatic heterocycles. The van der Waals surface area contributed by atoms with E-state index < -0.39 is 21.6 Å². The van der Waals surface area contributed by atoms with Crippen molar-refractivity contribution in [1.29, 1.82) is 0 Å². The molecular formula is C17H27N3O4S. The Labute approximate surface area is 149 Å². The molecule has 0 radical (unpaired) electrons. The monoisotopic (exact) mass is 369 g/mol. The highest BCUT2D eigenvalue weighted by Crippen LogP contribution is 2.15. The number of carboxylic acid groups (broad SMARTS) is 1. The van der Waals surface area contributed by atoms with E-state index >= 15 is 0 Å². The summed E-state index contributed by atoms with van der Waals surface area (Å²) in [5, 5.41) is 8.59. The maximum absolute atomic E-state index is 11.6. The minimum absolute atomic E-state index is 0.114. The molecule has 2 rings (SSSR count). The van der Waals surface area contributed by atoms with Crippen LogP contribution >= 0.6 is 0 Å². The van der Waals surface area contributed by atoms with Gasteiger partial charge in [0, 0.05) is 51.5 Å². The van der Waals surface area contributed by atoms with Crippen LogP contribution in [0.1, 0.15) is 0 Å². The summed E-state index contributed by atoms with van der Waals surface area (Å²) < 4.78 is 23.2. The molecule has 0 saturated carbocycles. The summed E-state index contributed by atoms with van der Waals surface area (Å²) in [6, 6.07) is 10.4. The van der Waals surface area contributed by atoms with Crippen LogP contribution in [0.4, 0.5) is 5.69 Å². The minimum atomic E-state index is -3.52. The second kappa shape index (κ2) is 9.17. The van der Waals surface area contributed by atoms with Crippen LogP contribution in [0.15, 0.2) is 30.3 Å². The second-order valence-electron chi connectivity index (χ2n) is 6.45. The molecule has 140 valence electrons. The lowest BCUT2D eigenvalue weighted by molar-refractivity contribution is -0.134. The van der Waals surface area contributed by atoms with Gasteiger partial charge in [-0.25, -0.2) is 8.42 Å². The second-order valence-corrected chi connectivity index (χ2v) is 8.64. The van der Waals surface area contributed by atoms with E-state index in [-0.39, 0.29) is 5.75 Å². The lowest BCUT2D eigenvalue weighted by Gasteiger charge is -2.36. The van der Waals surface area contributed by atoms with Gasteiger partial charge in [-0.15, -0.1) is 0 Å². The van der Waals surface area contributed by atoms with Crippen LogP contribution in [-0.4, -0.2) is 93.7 Å². The Morgan fingerprint density at radius 1 is 1.12 bits per heavy atom. The molecule has 1 aromatic rings. The predicted octanol–water partition coefficient (Wildman–Crippen LogP) is 0.240. The summed E-state index contributed by atoms with van der Waals surface area (Å²) in [4.78, 5) is 17.2. The number of hydrogen-bond donors (Lipinski definition) is 1. The predicted molar refractivity (Wildman–Crippen MR) is 98.9 cm³/mol. The number of anilines is 1. The van der Waals surface area contributed by atoms with E-state index in [2.05, 4.69) is 34.1 Å². The molecular weight excluding hydrogens is 342 g/mol. The number of para-hydroxylation sites is 1. The first kappa shape index (κ1) is 19.7. The molecule has 0 aliphatic carbocycles. The number of sulfone groups is 1. The van der Waals surface area contributed by atoms with Gasteiger partial charge in [-0.1, -0.05) is 18.2 Å². The van der Waals surface area contributed by atoms with E-state index in [0.717, 1.165) is 39.3 Å². The zero-order valence-electron chi connectivity index (χ0n) is 14.7. The summed E-state index contributed by atoms with van der Waals surface area (Å²) in [7, 11) is -1.65. The molecule has 0 spiro atoms. The number of rotatable bonds is 9. The van der Waals surface area contributed by atoms with Crippen molar-refractivity contribution in [2.75, 3.05) is 69.3 Å². The first-order chi connectivity index (χ1) is 11.9. The van der Waals surface area contributed by atoms with Gasteiger partial charge in [0.05, 0.1) is 5.75 Å². The van der Waals surface area contributed by atoms with Crippen LogP contribution in [-0.2, 0) is 14.6 Å². The fraction of sp³-hybridized carbons (Fsp3) is 0.588. The van der Waals surface area contributed by atoms with Crippen molar-refractivity contribution in [3.63, 3.8) is 0 Å². The Balaban J connectivity index is 1.66. The SMILES string of the molecule is CN(CCN1CCN(c2ccccc2)CC1)CCS(=O)(=O)CC(=O)O. The van der Waals surface area contributed by atoms with Crippen molar-refractivity contribution >= 4 is 21.5 Å². The van der Waals surface area contributed by atoms with E-state index in [1.807, 2.05) is 18.0 Å². The van der Waals surface area contributed by atoms with Gasteiger partial charge in [-0.3, -0.25) is 9.69 Å². The molecule has 1 heterocycles. The largest absolute Gasteiger partial charge is 0.480 e. The molecule has 1 aromatic carbocycles. The number of carbonyl (C=O) groups is 1. The van der Waals surface area contributed by atoms with Crippen LogP contribution in [0.5, 0.6) is 0 Å². The van der Waals surface area contributed by atoms with E-state index in [9.17, 15) is 13.2 Å². The number of benzene rings is 1. The average Bonchev–Trinajstić information content (AvgIpc) is 2.58. The number of hydrogen-bond acceptors (Lipinski definition) is 6. The van der Waals surface area contributed by atoms with E-state index in [1.165, 1.54) is 5.69 Å². The standard InChI is InChI=1S/C17H27N3O4S/c1-18(13-14-25(23,24)15-17(21)22)7-8-19-9-11-20(12-10-19)16-5-3-2-4-6-16/h2-6H,7-15H2,1H3,(H,21,22). The molecule has 0 atom stereocenters. The van der Waals surface area contributed by atoms with Crippen molar-refractivity contribution < 1.29 is 18.3 Å². The lowest BCUT2D eigenvalue weighted by Crippen LogP contribution is -2.48. The van der Waals surface area contributed by atoms with Gasteiger partial charge >= 0.3 is 5.97 Å². The maximum atomic E-state index is 11.6. The normalized spacial score (nSPS) is 16.3. The summed E-state index contributed by atoms with van der Waals surface area (Å²) in [6.45, 7) is 5.97. The fourth-order valence-corrected chi connectivity index (χ4v) is 3.96. The Morgan fingerprint density at radius 2 is 1.76 bits per heavy atom. The molecule has 25 heavy (non-hydrogen) atoms. The summed E-state index contributed by atoms with van der Waals surface area (Å²) in [5.41, 5.74) is 1.25. The Kier molecular flexibility index (Phi) is 7.22. The molecule has 8 heteroatoms. The van der Waals surface area contributed by atoms with E-state index in [1.54, 1.807) is 0 Å². The smallest absolute Gasteiger partial charge is 0.318 e. The summed E-state index contributed by atoms with van der Waals surface area (Å²) >= 11 is 0. The number of aliphatic carboxylic acids is 1. The quantitative estimate of drug-likeness (QED) is 0.668. The minimum Gasteiger partial charge on any atom is -0.480 e. The van der Waals surface area contributed by atoms with Gasteiger partial charge in [-0.2, -0.15) is 0 Å². The third kappa shape index (κ3) is 7.01. The first-order valence-electron chi connectivity index (χ1n) is 8.49. The van der Waals surface area contributed by atoms with Gasteiger partial charge in [0.1, 0.15) is 5.75 Å². The first-order valence-corrected chi connectivity index (χ1v) is 10.3.